The number of H-pyrrole nitrogens is 2. The number of nitrogens with one attached hydrogen (secondary N) is 6. The Balaban J connectivity index is 1.10. The first-order valence-electron chi connectivity index (χ1n) is 16.6. The molecule has 0 saturated carbocycles. The second-order valence-electron chi connectivity index (χ2n) is 12.1. The molecule has 0 saturated heterocycles. The Kier molecular flexibility index (Phi) is 11.0. The van der Waals surface area contributed by atoms with Crippen molar-refractivity contribution in [3.8, 4) is 22.9 Å². The maximum Gasteiger partial charge on any atom is 0.214 e. The first-order valence-corrected chi connectivity index (χ1v) is 16.6. The summed E-state index contributed by atoms with van der Waals surface area (Å²) in [6, 6.07) is 24.9. The van der Waals surface area contributed by atoms with Crippen LogP contribution in [0.5, 0.6) is 11.8 Å². The van der Waals surface area contributed by atoms with Crippen molar-refractivity contribution in [1.82, 2.24) is 41.2 Å². The van der Waals surface area contributed by atoms with E-state index in [0.717, 1.165) is 83.9 Å². The minimum Gasteiger partial charge on any atom is -0.473 e. The number of benzene rings is 2. The predicted molar refractivity (Wildman–Crippen MR) is 193 cm³/mol. The van der Waals surface area contributed by atoms with Crippen molar-refractivity contribution in [2.75, 3.05) is 40.3 Å². The van der Waals surface area contributed by atoms with Crippen LogP contribution < -0.4 is 30.7 Å². The van der Waals surface area contributed by atoms with Crippen LogP contribution >= 0.6 is 0 Å². The molecule has 250 valence electrons. The van der Waals surface area contributed by atoms with Gasteiger partial charge in [0.1, 0.15) is 13.2 Å². The molecule has 0 bridgehead atoms. The van der Waals surface area contributed by atoms with Gasteiger partial charge < -0.3 is 40.7 Å². The van der Waals surface area contributed by atoms with Gasteiger partial charge >= 0.3 is 0 Å². The summed E-state index contributed by atoms with van der Waals surface area (Å²) >= 11 is 0. The van der Waals surface area contributed by atoms with E-state index < -0.39 is 0 Å². The third kappa shape index (κ3) is 8.03. The van der Waals surface area contributed by atoms with E-state index in [0.29, 0.717) is 25.0 Å². The molecule has 0 unspecified atom stereocenters. The lowest BCUT2D eigenvalue weighted by Crippen LogP contribution is -2.24. The second-order valence-corrected chi connectivity index (χ2v) is 12.1. The lowest BCUT2D eigenvalue weighted by molar-refractivity contribution is 0.294. The van der Waals surface area contributed by atoms with Crippen LogP contribution in [0.2, 0.25) is 0 Å². The van der Waals surface area contributed by atoms with Gasteiger partial charge in [0.25, 0.3) is 0 Å². The van der Waals surface area contributed by atoms with Crippen LogP contribution in [0.15, 0.2) is 72.8 Å². The van der Waals surface area contributed by atoms with Gasteiger partial charge in [0.05, 0.1) is 22.1 Å². The highest BCUT2D eigenvalue weighted by Gasteiger charge is 2.13. The van der Waals surface area contributed by atoms with Crippen molar-refractivity contribution >= 4 is 22.1 Å². The Morgan fingerprint density at radius 2 is 1.04 bits per heavy atom. The molecule has 0 atom stereocenters. The topological polar surface area (TPSA) is 124 Å². The zero-order chi connectivity index (χ0) is 33.3. The highest BCUT2D eigenvalue weighted by atomic mass is 16.5. The molecule has 0 spiro atoms. The van der Waals surface area contributed by atoms with Gasteiger partial charge in [-0.2, -0.15) is 0 Å². The summed E-state index contributed by atoms with van der Waals surface area (Å²) in [5.41, 5.74) is 13.0. The summed E-state index contributed by atoms with van der Waals surface area (Å²) in [7, 11) is 3.91. The van der Waals surface area contributed by atoms with E-state index in [4.69, 9.17) is 19.4 Å². The lowest BCUT2D eigenvalue weighted by Gasteiger charge is -2.16. The number of aromatic nitrogens is 4. The van der Waals surface area contributed by atoms with Gasteiger partial charge in [-0.25, -0.2) is 9.97 Å². The number of hydrogen-bond acceptors (Lipinski definition) is 8. The average Bonchev–Trinajstić information content (AvgIpc) is 3.70. The zero-order valence-corrected chi connectivity index (χ0v) is 28.3. The quantitative estimate of drug-likeness (QED) is 0.0719. The molecule has 0 aliphatic carbocycles. The average molecular weight is 647 g/mol. The highest BCUT2D eigenvalue weighted by Crippen LogP contribution is 2.31. The van der Waals surface area contributed by atoms with Crippen LogP contribution in [-0.4, -0.2) is 60.2 Å². The number of nitrogens with zero attached hydrogens (tertiary/aromatic N) is 2. The summed E-state index contributed by atoms with van der Waals surface area (Å²) in [4.78, 5) is 16.4. The molecule has 10 nitrogen and oxygen atoms in total. The van der Waals surface area contributed by atoms with E-state index in [1.165, 1.54) is 22.3 Å². The standard InChI is InChI=1S/C38H46N8O2/c1-25-27(23-47-37-13-11-33-35(45-37)19-29(43-33)21-41-17-15-39-3)7-5-9-31(25)32-10-6-8-28(26(32)2)24-48-38-14-12-34-36(46-38)20-30(44-34)22-42-18-16-40-4/h5-14,19-20,39-44H,15-18,21-24H2,1-4H3. The first kappa shape index (κ1) is 33.2. The molecule has 2 aromatic carbocycles. The predicted octanol–water partition coefficient (Wildman–Crippen LogP) is 5.50. The minimum atomic E-state index is 0.434. The number of likely N-dealkylation sites (N-methyl/N-ethyl adjacent to an activating group) is 2. The Morgan fingerprint density at radius 1 is 0.583 bits per heavy atom. The van der Waals surface area contributed by atoms with Crippen LogP contribution in [0.3, 0.4) is 0 Å². The van der Waals surface area contributed by atoms with Crippen LogP contribution in [0.1, 0.15) is 33.6 Å². The fourth-order valence-corrected chi connectivity index (χ4v) is 5.88. The van der Waals surface area contributed by atoms with Crippen molar-refractivity contribution < 1.29 is 9.47 Å². The van der Waals surface area contributed by atoms with Crippen LogP contribution in [0.4, 0.5) is 0 Å². The molecule has 0 fully saturated rings. The fraction of sp³-hybridized carbons (Fsp3) is 0.316. The van der Waals surface area contributed by atoms with Gasteiger partial charge in [0.15, 0.2) is 0 Å². The first-order chi connectivity index (χ1) is 23.5. The molecule has 48 heavy (non-hydrogen) atoms. The third-order valence-electron chi connectivity index (χ3n) is 8.68. The molecule has 0 aliphatic rings. The van der Waals surface area contributed by atoms with E-state index in [-0.39, 0.29) is 0 Å². The summed E-state index contributed by atoms with van der Waals surface area (Å²) in [6.07, 6.45) is 0. The van der Waals surface area contributed by atoms with Gasteiger partial charge in [-0.1, -0.05) is 36.4 Å². The molecular formula is C38H46N8O2. The van der Waals surface area contributed by atoms with Crippen molar-refractivity contribution in [3.63, 3.8) is 0 Å². The summed E-state index contributed by atoms with van der Waals surface area (Å²) < 4.78 is 12.4. The maximum absolute atomic E-state index is 6.21. The van der Waals surface area contributed by atoms with E-state index in [9.17, 15) is 0 Å². The van der Waals surface area contributed by atoms with E-state index in [1.54, 1.807) is 0 Å². The second kappa shape index (κ2) is 15.9. The fourth-order valence-electron chi connectivity index (χ4n) is 5.88. The van der Waals surface area contributed by atoms with Gasteiger partial charge in [-0.3, -0.25) is 0 Å². The van der Waals surface area contributed by atoms with Crippen LogP contribution in [0, 0.1) is 13.8 Å². The molecule has 0 amide bonds. The Morgan fingerprint density at radius 3 is 1.48 bits per heavy atom. The number of aromatic amines is 2. The molecule has 6 N–H and O–H groups in total. The molecule has 6 aromatic rings. The summed E-state index contributed by atoms with van der Waals surface area (Å²) in [5.74, 6) is 1.22. The monoisotopic (exact) mass is 646 g/mol. The third-order valence-corrected chi connectivity index (χ3v) is 8.68. The Hall–Kier alpha value is -4.74. The largest absolute Gasteiger partial charge is 0.473 e. The SMILES string of the molecule is CNCCNCc1cc2nc(OCc3cccc(-c4cccc(COc5ccc6[nH]c(CNCCNC)cc6n5)c4C)c3C)ccc2[nH]1. The molecule has 0 aliphatic heterocycles. The Labute approximate surface area is 282 Å². The molecule has 4 heterocycles. The number of ether oxygens (including phenoxy) is 2. The van der Waals surface area contributed by atoms with Crippen LogP contribution in [0.25, 0.3) is 33.2 Å². The number of fused-ring (bicyclic) bond motifs is 2. The van der Waals surface area contributed by atoms with Crippen molar-refractivity contribution in [2.45, 2.75) is 40.2 Å². The van der Waals surface area contributed by atoms with Gasteiger partial charge in [-0.05, 0) is 85.6 Å². The van der Waals surface area contributed by atoms with Crippen molar-refractivity contribution in [1.29, 1.82) is 0 Å². The van der Waals surface area contributed by atoms with Gasteiger partial charge in [0, 0.05) is 62.8 Å². The van der Waals surface area contributed by atoms with E-state index >= 15 is 0 Å². The van der Waals surface area contributed by atoms with E-state index in [1.807, 2.05) is 38.4 Å². The lowest BCUT2D eigenvalue weighted by atomic mass is 9.92. The molecule has 4 aromatic heterocycles. The minimum absolute atomic E-state index is 0.434. The summed E-state index contributed by atoms with van der Waals surface area (Å²) in [5, 5.41) is 13.1. The normalized spacial score (nSPS) is 11.5. The number of rotatable bonds is 17. The molecule has 6 rings (SSSR count). The van der Waals surface area contributed by atoms with E-state index in [2.05, 4.69) is 93.6 Å². The molecular weight excluding hydrogens is 600 g/mol. The van der Waals surface area contributed by atoms with Gasteiger partial charge in [0.2, 0.25) is 11.8 Å². The smallest absolute Gasteiger partial charge is 0.214 e. The van der Waals surface area contributed by atoms with Crippen molar-refractivity contribution in [3.05, 3.63) is 106 Å². The molecule has 10 heteroatoms. The van der Waals surface area contributed by atoms with Gasteiger partial charge in [-0.15, -0.1) is 0 Å². The maximum atomic E-state index is 6.21. The Bertz CT molecular complexity index is 1820. The van der Waals surface area contributed by atoms with Crippen LogP contribution in [-0.2, 0) is 26.3 Å². The zero-order valence-electron chi connectivity index (χ0n) is 28.3. The number of pyridine rings is 2. The number of hydrogen-bond donors (Lipinski definition) is 6. The summed E-state index contributed by atoms with van der Waals surface area (Å²) in [6.45, 7) is 10.4. The molecule has 0 radical (unpaired) electrons. The highest BCUT2D eigenvalue weighted by molar-refractivity contribution is 5.77. The van der Waals surface area contributed by atoms with Crippen molar-refractivity contribution in [2.24, 2.45) is 0 Å².